The second kappa shape index (κ2) is 6.79. The lowest BCUT2D eigenvalue weighted by molar-refractivity contribution is -0.121. The van der Waals surface area contributed by atoms with E-state index < -0.39 is 0 Å². The van der Waals surface area contributed by atoms with Gasteiger partial charge >= 0.3 is 0 Å². The van der Waals surface area contributed by atoms with Gasteiger partial charge in [0, 0.05) is 34.5 Å². The Morgan fingerprint density at radius 1 is 1.05 bits per heavy atom. The molecule has 0 atom stereocenters. The lowest BCUT2D eigenvalue weighted by atomic mass is 10.1. The lowest BCUT2D eigenvalue weighted by Gasteiger charge is -2.07. The summed E-state index contributed by atoms with van der Waals surface area (Å²) >= 11 is 3.49. The van der Waals surface area contributed by atoms with E-state index in [9.17, 15) is 4.79 Å². The maximum atomic E-state index is 12.0. The first-order chi connectivity index (χ1) is 10.7. The Hall–Kier alpha value is -2.07. The number of hydrogen-bond donors (Lipinski definition) is 2. The summed E-state index contributed by atoms with van der Waals surface area (Å²) in [6, 6.07) is 16.1. The van der Waals surface area contributed by atoms with Crippen LogP contribution >= 0.6 is 15.9 Å². The molecule has 0 saturated heterocycles. The van der Waals surface area contributed by atoms with Crippen molar-refractivity contribution in [3.63, 3.8) is 0 Å². The molecule has 0 unspecified atom stereocenters. The molecule has 4 heteroatoms. The van der Waals surface area contributed by atoms with Gasteiger partial charge < -0.3 is 10.3 Å². The maximum Gasteiger partial charge on any atom is 0.220 e. The molecule has 112 valence electrons. The first-order valence-corrected chi connectivity index (χ1v) is 8.08. The van der Waals surface area contributed by atoms with Crippen molar-refractivity contribution in [2.24, 2.45) is 0 Å². The van der Waals surface area contributed by atoms with E-state index in [4.69, 9.17) is 0 Å². The molecule has 0 aliphatic rings. The predicted molar refractivity (Wildman–Crippen MR) is 92.6 cm³/mol. The first kappa shape index (κ1) is 14.9. The Bertz CT molecular complexity index is 794. The Morgan fingerprint density at radius 2 is 1.82 bits per heavy atom. The molecule has 3 nitrogen and oxygen atoms in total. The number of nitrogens with one attached hydrogen (secondary N) is 2. The smallest absolute Gasteiger partial charge is 0.220 e. The number of aromatic nitrogens is 1. The second-order valence-electron chi connectivity index (χ2n) is 5.23. The zero-order chi connectivity index (χ0) is 15.4. The zero-order valence-corrected chi connectivity index (χ0v) is 13.7. The molecule has 0 spiro atoms. The summed E-state index contributed by atoms with van der Waals surface area (Å²) in [6.07, 6.45) is 3.23. The fourth-order valence-electron chi connectivity index (χ4n) is 2.51. The molecule has 0 bridgehead atoms. The quantitative estimate of drug-likeness (QED) is 0.707. The summed E-state index contributed by atoms with van der Waals surface area (Å²) in [7, 11) is 0. The number of H-pyrrole nitrogens is 1. The monoisotopic (exact) mass is 356 g/mol. The van der Waals surface area contributed by atoms with Gasteiger partial charge in [-0.1, -0.05) is 52.3 Å². The molecule has 2 aromatic carbocycles. The van der Waals surface area contributed by atoms with Crippen LogP contribution in [0.2, 0.25) is 0 Å². The fraction of sp³-hybridized carbons (Fsp3) is 0.167. The van der Waals surface area contributed by atoms with Crippen LogP contribution in [0.4, 0.5) is 0 Å². The normalized spacial score (nSPS) is 10.8. The van der Waals surface area contributed by atoms with E-state index in [1.54, 1.807) is 0 Å². The minimum Gasteiger partial charge on any atom is -0.361 e. The van der Waals surface area contributed by atoms with Gasteiger partial charge in [0.2, 0.25) is 5.91 Å². The van der Waals surface area contributed by atoms with Crippen molar-refractivity contribution in [2.75, 3.05) is 0 Å². The number of hydrogen-bond acceptors (Lipinski definition) is 1. The van der Waals surface area contributed by atoms with E-state index in [1.165, 1.54) is 10.9 Å². The van der Waals surface area contributed by atoms with Crippen molar-refractivity contribution in [3.8, 4) is 0 Å². The summed E-state index contributed by atoms with van der Waals surface area (Å²) in [5.41, 5.74) is 3.39. The van der Waals surface area contributed by atoms with Gasteiger partial charge in [0.15, 0.2) is 0 Å². The van der Waals surface area contributed by atoms with Gasteiger partial charge in [0.05, 0.1) is 0 Å². The third-order valence-corrected chi connectivity index (χ3v) is 4.50. The average Bonchev–Trinajstić information content (AvgIpc) is 2.95. The number of halogens is 1. The molecule has 0 saturated carbocycles. The second-order valence-corrected chi connectivity index (χ2v) is 6.08. The molecular formula is C18H17BrN2O. The Morgan fingerprint density at radius 3 is 2.68 bits per heavy atom. The van der Waals surface area contributed by atoms with Crippen molar-refractivity contribution < 1.29 is 4.79 Å². The van der Waals surface area contributed by atoms with Crippen molar-refractivity contribution >= 4 is 32.7 Å². The average molecular weight is 357 g/mol. The van der Waals surface area contributed by atoms with E-state index in [0.717, 1.165) is 22.0 Å². The van der Waals surface area contributed by atoms with Crippen LogP contribution in [0, 0.1) is 0 Å². The summed E-state index contributed by atoms with van der Waals surface area (Å²) < 4.78 is 1.02. The number of amides is 1. The highest BCUT2D eigenvalue weighted by Crippen LogP contribution is 2.19. The van der Waals surface area contributed by atoms with E-state index >= 15 is 0 Å². The van der Waals surface area contributed by atoms with Crippen molar-refractivity contribution in [1.82, 2.24) is 10.3 Å². The standard InChI is InChI=1S/C18H17BrN2O/c19-16-7-3-1-5-14(16)12-21-18(22)10-9-13-11-20-17-8-4-2-6-15(13)17/h1-8,11,20H,9-10,12H2,(H,21,22). The van der Waals surface area contributed by atoms with Crippen molar-refractivity contribution in [3.05, 3.63) is 70.3 Å². The Labute approximate surface area is 137 Å². The van der Waals surface area contributed by atoms with Crippen LogP contribution in [-0.4, -0.2) is 10.9 Å². The van der Waals surface area contributed by atoms with Crippen LogP contribution in [0.3, 0.4) is 0 Å². The van der Waals surface area contributed by atoms with E-state index in [0.29, 0.717) is 13.0 Å². The van der Waals surface area contributed by atoms with Crippen molar-refractivity contribution in [1.29, 1.82) is 0 Å². The first-order valence-electron chi connectivity index (χ1n) is 7.29. The number of carbonyl (C=O) groups is 1. The largest absolute Gasteiger partial charge is 0.361 e. The molecule has 0 aliphatic carbocycles. The summed E-state index contributed by atoms with van der Waals surface area (Å²) in [4.78, 5) is 15.3. The van der Waals surface area contributed by atoms with Crippen LogP contribution in [0.25, 0.3) is 10.9 Å². The minimum atomic E-state index is 0.0704. The summed E-state index contributed by atoms with van der Waals surface area (Å²) in [6.45, 7) is 0.550. The topological polar surface area (TPSA) is 44.9 Å². The maximum absolute atomic E-state index is 12.0. The number of para-hydroxylation sites is 1. The van der Waals surface area contributed by atoms with Crippen LogP contribution in [0.5, 0.6) is 0 Å². The van der Waals surface area contributed by atoms with Gasteiger partial charge in [-0.3, -0.25) is 4.79 Å². The molecule has 1 aromatic heterocycles. The third kappa shape index (κ3) is 3.39. The number of fused-ring (bicyclic) bond motifs is 1. The van der Waals surface area contributed by atoms with Gasteiger partial charge in [-0.25, -0.2) is 0 Å². The predicted octanol–water partition coefficient (Wildman–Crippen LogP) is 4.18. The molecular weight excluding hydrogens is 340 g/mol. The molecule has 0 aliphatic heterocycles. The van der Waals surface area contributed by atoms with Gasteiger partial charge in [0.1, 0.15) is 0 Å². The molecule has 0 fully saturated rings. The van der Waals surface area contributed by atoms with E-state index in [-0.39, 0.29) is 5.91 Å². The minimum absolute atomic E-state index is 0.0704. The number of benzene rings is 2. The van der Waals surface area contributed by atoms with Crippen LogP contribution < -0.4 is 5.32 Å². The number of carbonyl (C=O) groups excluding carboxylic acids is 1. The van der Waals surface area contributed by atoms with Crippen LogP contribution in [0.15, 0.2) is 59.2 Å². The molecule has 3 rings (SSSR count). The molecule has 22 heavy (non-hydrogen) atoms. The number of aryl methyl sites for hydroxylation is 1. The zero-order valence-electron chi connectivity index (χ0n) is 12.1. The highest BCUT2D eigenvalue weighted by Gasteiger charge is 2.07. The molecule has 3 aromatic rings. The van der Waals surface area contributed by atoms with Gasteiger partial charge in [-0.2, -0.15) is 0 Å². The third-order valence-electron chi connectivity index (χ3n) is 3.73. The molecule has 1 amide bonds. The van der Waals surface area contributed by atoms with Crippen LogP contribution in [-0.2, 0) is 17.8 Å². The SMILES string of the molecule is O=C(CCc1c[nH]c2ccccc12)NCc1ccccc1Br. The number of rotatable bonds is 5. The summed E-state index contributed by atoms with van der Waals surface area (Å²) in [5.74, 6) is 0.0704. The Kier molecular flexibility index (Phi) is 4.59. The van der Waals surface area contributed by atoms with Crippen LogP contribution in [0.1, 0.15) is 17.5 Å². The van der Waals surface area contributed by atoms with E-state index in [2.05, 4.69) is 32.3 Å². The van der Waals surface area contributed by atoms with Crippen molar-refractivity contribution in [2.45, 2.75) is 19.4 Å². The molecule has 0 radical (unpaired) electrons. The van der Waals surface area contributed by atoms with Gasteiger partial charge in [0.25, 0.3) is 0 Å². The highest BCUT2D eigenvalue weighted by molar-refractivity contribution is 9.10. The Balaban J connectivity index is 1.55. The lowest BCUT2D eigenvalue weighted by Crippen LogP contribution is -2.23. The summed E-state index contributed by atoms with van der Waals surface area (Å²) in [5, 5.41) is 4.17. The number of aromatic amines is 1. The van der Waals surface area contributed by atoms with E-state index in [1.807, 2.05) is 48.7 Å². The van der Waals surface area contributed by atoms with Gasteiger partial charge in [-0.05, 0) is 29.7 Å². The molecule has 1 heterocycles. The van der Waals surface area contributed by atoms with Gasteiger partial charge in [-0.15, -0.1) is 0 Å². The molecule has 2 N–H and O–H groups in total. The highest BCUT2D eigenvalue weighted by atomic mass is 79.9. The fourth-order valence-corrected chi connectivity index (χ4v) is 2.94.